The van der Waals surface area contributed by atoms with E-state index in [0.29, 0.717) is 18.4 Å². The highest BCUT2D eigenvalue weighted by molar-refractivity contribution is 5.86. The van der Waals surface area contributed by atoms with E-state index < -0.39 is 5.60 Å². The lowest BCUT2D eigenvalue weighted by Crippen LogP contribution is -2.22. The Labute approximate surface area is 131 Å². The molecule has 0 fully saturated rings. The minimum Gasteiger partial charge on any atom is -0.462 e. The summed E-state index contributed by atoms with van der Waals surface area (Å²) in [5, 5.41) is 12.9. The van der Waals surface area contributed by atoms with Crippen LogP contribution in [0.15, 0.2) is 54.6 Å². The highest BCUT2D eigenvalue weighted by Crippen LogP contribution is 2.28. The molecule has 3 heteroatoms. The van der Waals surface area contributed by atoms with Gasteiger partial charge in [-0.25, -0.2) is 4.79 Å². The maximum absolute atomic E-state index is 11.3. The zero-order chi connectivity index (χ0) is 16.2. The Morgan fingerprint density at radius 2 is 1.91 bits per heavy atom. The molecule has 2 rings (SSSR count). The quantitative estimate of drug-likeness (QED) is 0.499. The third-order valence-corrected chi connectivity index (χ3v) is 3.76. The Bertz CT molecular complexity index is 686. The molecule has 22 heavy (non-hydrogen) atoms. The van der Waals surface area contributed by atoms with Crippen molar-refractivity contribution in [1.29, 1.82) is 0 Å². The third-order valence-electron chi connectivity index (χ3n) is 3.76. The Kier molecular flexibility index (Phi) is 4.99. The van der Waals surface area contributed by atoms with Gasteiger partial charge in [0.1, 0.15) is 0 Å². The second-order valence-corrected chi connectivity index (χ2v) is 5.86. The molecule has 0 heterocycles. The molecule has 0 amide bonds. The molecule has 2 aromatic carbocycles. The van der Waals surface area contributed by atoms with Crippen LogP contribution >= 0.6 is 0 Å². The summed E-state index contributed by atoms with van der Waals surface area (Å²) in [4.78, 5) is 11.3. The predicted octanol–water partition coefficient (Wildman–Crippen LogP) is 3.95. The first kappa shape index (κ1) is 16.2. The van der Waals surface area contributed by atoms with Crippen molar-refractivity contribution >= 4 is 16.7 Å². The van der Waals surface area contributed by atoms with Gasteiger partial charge < -0.3 is 9.84 Å². The number of ether oxygens (including phenoxy) is 1. The van der Waals surface area contributed by atoms with Crippen LogP contribution in [0.1, 0.15) is 32.3 Å². The highest BCUT2D eigenvalue weighted by Gasteiger charge is 2.23. The molecule has 0 saturated heterocycles. The molecule has 1 atom stereocenters. The molecule has 2 aromatic rings. The van der Waals surface area contributed by atoms with Gasteiger partial charge in [-0.1, -0.05) is 43.0 Å². The summed E-state index contributed by atoms with van der Waals surface area (Å²) in [5.41, 5.74) is 0.318. The number of carbonyl (C=O) groups excluding carboxylic acids is 1. The number of aliphatic hydroxyl groups is 1. The van der Waals surface area contributed by atoms with Crippen LogP contribution in [-0.4, -0.2) is 17.7 Å². The fraction of sp³-hybridized carbons (Fsp3) is 0.316. The molecule has 0 bridgehead atoms. The molecule has 1 unspecified atom stereocenters. The van der Waals surface area contributed by atoms with Crippen molar-refractivity contribution in [1.82, 2.24) is 0 Å². The van der Waals surface area contributed by atoms with E-state index in [2.05, 4.69) is 6.58 Å². The van der Waals surface area contributed by atoms with Crippen molar-refractivity contribution < 1.29 is 14.6 Å². The molecule has 1 N–H and O–H groups in total. The van der Waals surface area contributed by atoms with E-state index in [1.807, 2.05) is 42.5 Å². The zero-order valence-electron chi connectivity index (χ0n) is 13.1. The van der Waals surface area contributed by atoms with Crippen LogP contribution in [0.5, 0.6) is 0 Å². The second kappa shape index (κ2) is 6.75. The van der Waals surface area contributed by atoms with Gasteiger partial charge in [0, 0.05) is 5.57 Å². The summed E-state index contributed by atoms with van der Waals surface area (Å²) < 4.78 is 5.06. The molecular formula is C19H22O3. The van der Waals surface area contributed by atoms with Crippen molar-refractivity contribution in [3.05, 3.63) is 60.2 Å². The van der Waals surface area contributed by atoms with Gasteiger partial charge >= 0.3 is 5.97 Å². The lowest BCUT2D eigenvalue weighted by Gasteiger charge is -2.24. The number of fused-ring (bicyclic) bond motifs is 1. The standard InChI is InChI=1S/C19H22O3/c1-14(2)18(20)22-12-6-11-19(3,21)17-10-9-15-7-4-5-8-16(15)13-17/h4-5,7-10,13,21H,1,6,11-12H2,2-3H3. The van der Waals surface area contributed by atoms with Crippen molar-refractivity contribution in [2.24, 2.45) is 0 Å². The number of hydrogen-bond acceptors (Lipinski definition) is 3. The fourth-order valence-corrected chi connectivity index (χ4v) is 2.37. The molecule has 0 saturated carbocycles. The fourth-order valence-electron chi connectivity index (χ4n) is 2.37. The normalized spacial score (nSPS) is 13.6. The van der Waals surface area contributed by atoms with Crippen LogP contribution in [-0.2, 0) is 15.1 Å². The predicted molar refractivity (Wildman–Crippen MR) is 88.5 cm³/mol. The monoisotopic (exact) mass is 298 g/mol. The summed E-state index contributed by atoms with van der Waals surface area (Å²) in [6.07, 6.45) is 1.12. The molecule has 0 radical (unpaired) electrons. The van der Waals surface area contributed by atoms with Crippen LogP contribution in [0.2, 0.25) is 0 Å². The molecule has 0 aromatic heterocycles. The van der Waals surface area contributed by atoms with E-state index in [4.69, 9.17) is 4.74 Å². The minimum absolute atomic E-state index is 0.287. The van der Waals surface area contributed by atoms with Gasteiger partial charge in [-0.05, 0) is 49.1 Å². The lowest BCUT2D eigenvalue weighted by atomic mass is 9.90. The number of esters is 1. The largest absolute Gasteiger partial charge is 0.462 e. The summed E-state index contributed by atoms with van der Waals surface area (Å²) in [5.74, 6) is -0.384. The van der Waals surface area contributed by atoms with Gasteiger partial charge in [0.05, 0.1) is 12.2 Å². The summed E-state index contributed by atoms with van der Waals surface area (Å²) in [6, 6.07) is 14.0. The SMILES string of the molecule is C=C(C)C(=O)OCCCC(C)(O)c1ccc2ccccc2c1. The lowest BCUT2D eigenvalue weighted by molar-refractivity contribution is -0.139. The summed E-state index contributed by atoms with van der Waals surface area (Å²) in [7, 11) is 0. The van der Waals surface area contributed by atoms with Crippen molar-refractivity contribution in [2.75, 3.05) is 6.61 Å². The Morgan fingerprint density at radius 1 is 1.23 bits per heavy atom. The van der Waals surface area contributed by atoms with Gasteiger partial charge in [-0.15, -0.1) is 0 Å². The van der Waals surface area contributed by atoms with Crippen LogP contribution in [0, 0.1) is 0 Å². The van der Waals surface area contributed by atoms with E-state index in [9.17, 15) is 9.90 Å². The van der Waals surface area contributed by atoms with Gasteiger partial charge in [0.25, 0.3) is 0 Å². The summed E-state index contributed by atoms with van der Waals surface area (Å²) in [6.45, 7) is 7.23. The first-order valence-electron chi connectivity index (χ1n) is 7.44. The molecule has 0 aliphatic heterocycles. The maximum Gasteiger partial charge on any atom is 0.333 e. The van der Waals surface area contributed by atoms with E-state index in [-0.39, 0.29) is 12.6 Å². The van der Waals surface area contributed by atoms with Crippen LogP contribution in [0.3, 0.4) is 0 Å². The zero-order valence-corrected chi connectivity index (χ0v) is 13.1. The number of rotatable bonds is 6. The van der Waals surface area contributed by atoms with Gasteiger partial charge in [0.15, 0.2) is 0 Å². The Hall–Kier alpha value is -2.13. The van der Waals surface area contributed by atoms with Crippen molar-refractivity contribution in [3.8, 4) is 0 Å². The van der Waals surface area contributed by atoms with E-state index in [0.717, 1.165) is 16.3 Å². The molecule has 0 aliphatic rings. The van der Waals surface area contributed by atoms with Crippen molar-refractivity contribution in [2.45, 2.75) is 32.3 Å². The third kappa shape index (κ3) is 3.95. The van der Waals surface area contributed by atoms with E-state index in [1.165, 1.54) is 0 Å². The maximum atomic E-state index is 11.3. The first-order chi connectivity index (χ1) is 10.4. The number of benzene rings is 2. The molecular weight excluding hydrogens is 276 g/mol. The molecule has 3 nitrogen and oxygen atoms in total. The summed E-state index contributed by atoms with van der Waals surface area (Å²) >= 11 is 0. The molecule has 116 valence electrons. The van der Waals surface area contributed by atoms with Crippen LogP contribution in [0.25, 0.3) is 10.8 Å². The first-order valence-corrected chi connectivity index (χ1v) is 7.44. The smallest absolute Gasteiger partial charge is 0.333 e. The molecule has 0 spiro atoms. The van der Waals surface area contributed by atoms with Gasteiger partial charge in [-0.3, -0.25) is 0 Å². The number of hydrogen-bond donors (Lipinski definition) is 1. The highest BCUT2D eigenvalue weighted by atomic mass is 16.5. The van der Waals surface area contributed by atoms with Gasteiger partial charge in [0.2, 0.25) is 0 Å². The Morgan fingerprint density at radius 3 is 2.59 bits per heavy atom. The average Bonchev–Trinajstić information content (AvgIpc) is 2.50. The van der Waals surface area contributed by atoms with Crippen LogP contribution < -0.4 is 0 Å². The molecule has 0 aliphatic carbocycles. The Balaban J connectivity index is 1.99. The minimum atomic E-state index is -0.945. The second-order valence-electron chi connectivity index (χ2n) is 5.86. The topological polar surface area (TPSA) is 46.5 Å². The average molecular weight is 298 g/mol. The van der Waals surface area contributed by atoms with Gasteiger partial charge in [-0.2, -0.15) is 0 Å². The van der Waals surface area contributed by atoms with Crippen molar-refractivity contribution in [3.63, 3.8) is 0 Å². The number of carbonyl (C=O) groups is 1. The van der Waals surface area contributed by atoms with Crippen LogP contribution in [0.4, 0.5) is 0 Å². The van der Waals surface area contributed by atoms with E-state index >= 15 is 0 Å². The van der Waals surface area contributed by atoms with E-state index in [1.54, 1.807) is 13.8 Å².